The average molecular weight is 759 g/mol. The molecule has 6 aromatic rings. The molecule has 8 heteroatoms. The van der Waals surface area contributed by atoms with Gasteiger partial charge >= 0.3 is 0 Å². The Bertz CT molecular complexity index is 2440. The summed E-state index contributed by atoms with van der Waals surface area (Å²) in [6, 6.07) is 35.6. The van der Waals surface area contributed by atoms with Gasteiger partial charge in [0, 0.05) is 59.5 Å². The first-order chi connectivity index (χ1) is 27.2. The van der Waals surface area contributed by atoms with Gasteiger partial charge in [-0.25, -0.2) is 0 Å². The highest BCUT2D eigenvalue weighted by atomic mass is 32.1. The lowest BCUT2D eigenvalue weighted by Crippen LogP contribution is -2.41. The zero-order valence-corrected chi connectivity index (χ0v) is 33.7. The van der Waals surface area contributed by atoms with Crippen LogP contribution in [0.3, 0.4) is 0 Å². The van der Waals surface area contributed by atoms with Gasteiger partial charge < -0.3 is 14.9 Å². The van der Waals surface area contributed by atoms with Gasteiger partial charge in [0.2, 0.25) is 0 Å². The van der Waals surface area contributed by atoms with Crippen LogP contribution in [0.25, 0.3) is 5.00 Å². The van der Waals surface area contributed by atoms with Crippen molar-refractivity contribution >= 4 is 28.4 Å². The molecule has 0 radical (unpaired) electrons. The van der Waals surface area contributed by atoms with Gasteiger partial charge in [0.15, 0.2) is 5.82 Å². The largest absolute Gasteiger partial charge is 0.508 e. The van der Waals surface area contributed by atoms with Crippen LogP contribution < -0.4 is 9.80 Å². The maximum atomic E-state index is 10.3. The van der Waals surface area contributed by atoms with Crippen LogP contribution in [0.5, 0.6) is 5.75 Å². The van der Waals surface area contributed by atoms with Crippen molar-refractivity contribution in [1.82, 2.24) is 14.8 Å². The van der Waals surface area contributed by atoms with E-state index in [4.69, 9.17) is 4.99 Å². The molecule has 2 fully saturated rings. The third-order valence-electron chi connectivity index (χ3n) is 13.6. The van der Waals surface area contributed by atoms with E-state index >= 15 is 0 Å². The Hall–Kier alpha value is -5.21. The normalized spacial score (nSPS) is 21.4. The van der Waals surface area contributed by atoms with Gasteiger partial charge in [-0.3, -0.25) is 9.56 Å². The molecule has 284 valence electrons. The minimum Gasteiger partial charge on any atom is -0.508 e. The number of anilines is 2. The second-order valence-electron chi connectivity index (χ2n) is 16.8. The summed E-state index contributed by atoms with van der Waals surface area (Å²) in [5, 5.41) is 20.4. The summed E-state index contributed by atoms with van der Waals surface area (Å²) in [7, 11) is 0. The van der Waals surface area contributed by atoms with E-state index in [0.29, 0.717) is 17.1 Å². The van der Waals surface area contributed by atoms with Crippen LogP contribution in [0.4, 0.5) is 11.4 Å². The van der Waals surface area contributed by atoms with Gasteiger partial charge in [0.1, 0.15) is 22.6 Å². The highest BCUT2D eigenvalue weighted by Crippen LogP contribution is 2.48. The molecule has 1 N–H and O–H groups in total. The molecule has 1 spiro atoms. The number of fused-ring (bicyclic) bond motifs is 4. The Labute approximate surface area is 334 Å². The number of aryl methyl sites for hydroxylation is 3. The van der Waals surface area contributed by atoms with Crippen molar-refractivity contribution in [2.75, 3.05) is 36.0 Å². The van der Waals surface area contributed by atoms with Crippen LogP contribution in [0, 0.1) is 26.2 Å². The van der Waals surface area contributed by atoms with Crippen LogP contribution in [-0.2, 0) is 6.42 Å². The molecule has 0 saturated carbocycles. The van der Waals surface area contributed by atoms with Gasteiger partial charge in [0.05, 0.1) is 5.71 Å². The lowest BCUT2D eigenvalue weighted by molar-refractivity contribution is 0.250. The maximum absolute atomic E-state index is 10.3. The number of phenolic OH excluding ortho intramolecular Hbond substituents is 1. The predicted molar refractivity (Wildman–Crippen MR) is 229 cm³/mol. The van der Waals surface area contributed by atoms with Crippen molar-refractivity contribution < 1.29 is 5.11 Å². The number of aromatic nitrogens is 3. The minimum absolute atomic E-state index is 0.0787. The molecule has 3 aliphatic heterocycles. The van der Waals surface area contributed by atoms with Gasteiger partial charge in [-0.05, 0) is 135 Å². The van der Waals surface area contributed by atoms with E-state index in [1.54, 1.807) is 0 Å². The quantitative estimate of drug-likeness (QED) is 0.190. The number of thiophene rings is 1. The van der Waals surface area contributed by atoms with Crippen molar-refractivity contribution in [3.63, 3.8) is 0 Å². The topological polar surface area (TPSA) is 69.8 Å². The lowest BCUT2D eigenvalue weighted by Gasteiger charge is -2.40. The molecule has 56 heavy (non-hydrogen) atoms. The number of rotatable bonds is 5. The third-order valence-corrected chi connectivity index (χ3v) is 14.7. The summed E-state index contributed by atoms with van der Waals surface area (Å²) in [6.07, 6.45) is 5.76. The SMILES string of the molecule is Cc1sc2c(c1C)C(c1ccc(N3CCC4(CC3)CCN(c3ccc([C@@H]5c6ccc(O)cc6CC[C@@H]5c5ccccc5)cc3)C4)cc1)=N[C@@H](C)c1nnc(C)n1-2. The first kappa shape index (κ1) is 35.2. The Kier molecular flexibility index (Phi) is 8.66. The Morgan fingerprint density at radius 2 is 1.46 bits per heavy atom. The summed E-state index contributed by atoms with van der Waals surface area (Å²) in [6.45, 7) is 13.0. The number of hydrogen-bond acceptors (Lipinski definition) is 7. The second-order valence-corrected chi connectivity index (χ2v) is 18.0. The zero-order valence-electron chi connectivity index (χ0n) is 32.9. The Balaban J connectivity index is 0.828. The van der Waals surface area contributed by atoms with Crippen LogP contribution in [0.1, 0.15) is 106 Å². The molecule has 3 atom stereocenters. The van der Waals surface area contributed by atoms with Crippen molar-refractivity contribution in [3.8, 4) is 10.8 Å². The smallest absolute Gasteiger partial charge is 0.162 e. The number of aliphatic imine (C=N–C) groups is 1. The van der Waals surface area contributed by atoms with E-state index in [2.05, 4.69) is 130 Å². The van der Waals surface area contributed by atoms with Crippen LogP contribution in [0.15, 0.2) is 102 Å². The fourth-order valence-corrected chi connectivity index (χ4v) is 11.5. The number of benzene rings is 4. The molecule has 7 nitrogen and oxygen atoms in total. The zero-order chi connectivity index (χ0) is 38.1. The summed E-state index contributed by atoms with van der Waals surface area (Å²) in [5.41, 5.74) is 13.1. The van der Waals surface area contributed by atoms with Crippen LogP contribution in [0.2, 0.25) is 0 Å². The molecule has 2 saturated heterocycles. The summed E-state index contributed by atoms with van der Waals surface area (Å²) >= 11 is 1.81. The molecule has 0 bridgehead atoms. The first-order valence-electron chi connectivity index (χ1n) is 20.4. The molecule has 5 heterocycles. The molecular formula is C48H50N6OS. The van der Waals surface area contributed by atoms with Crippen LogP contribution >= 0.6 is 11.3 Å². The molecule has 2 aromatic heterocycles. The fraction of sp³-hybridized carbons (Fsp3) is 0.354. The molecule has 10 rings (SSSR count). The first-order valence-corrected chi connectivity index (χ1v) is 21.2. The van der Waals surface area contributed by atoms with Crippen molar-refractivity contribution in [3.05, 3.63) is 153 Å². The second kappa shape index (κ2) is 13.8. The van der Waals surface area contributed by atoms with E-state index in [0.717, 1.165) is 61.9 Å². The predicted octanol–water partition coefficient (Wildman–Crippen LogP) is 10.2. The van der Waals surface area contributed by atoms with E-state index in [9.17, 15) is 5.11 Å². The van der Waals surface area contributed by atoms with E-state index in [-0.39, 0.29) is 12.0 Å². The van der Waals surface area contributed by atoms with E-state index in [1.165, 1.54) is 73.9 Å². The summed E-state index contributed by atoms with van der Waals surface area (Å²) in [4.78, 5) is 11.8. The Morgan fingerprint density at radius 1 is 0.768 bits per heavy atom. The highest BCUT2D eigenvalue weighted by molar-refractivity contribution is 7.15. The molecule has 4 aliphatic rings. The van der Waals surface area contributed by atoms with Crippen molar-refractivity contribution in [2.45, 2.75) is 77.7 Å². The number of phenols is 1. The van der Waals surface area contributed by atoms with Gasteiger partial charge in [-0.1, -0.05) is 60.7 Å². The highest BCUT2D eigenvalue weighted by Gasteiger charge is 2.41. The molecule has 1 aliphatic carbocycles. The fourth-order valence-electron chi connectivity index (χ4n) is 10.3. The third kappa shape index (κ3) is 5.96. The number of hydrogen-bond donors (Lipinski definition) is 1. The van der Waals surface area contributed by atoms with E-state index in [1.807, 2.05) is 30.4 Å². The summed E-state index contributed by atoms with van der Waals surface area (Å²) < 4.78 is 2.21. The number of aromatic hydroxyl groups is 1. The van der Waals surface area contributed by atoms with E-state index < -0.39 is 0 Å². The standard InChI is InChI=1S/C48H50N6OS/c1-30-32(3)56-47-43(30)45(49-31(2)46-51-50-33(4)54(46)47)36-12-17-38(18-13-36)52-25-22-48(23-26-52)24-27-53(29-48)39-15-10-35(11-16-39)44-41(34-8-6-5-7-9-34)20-14-37-28-40(55)19-21-42(37)44/h5-13,15-19,21,28,31,41,44,55H,14,20,22-27,29H2,1-4H3/t31-,41+,44-/m0/s1. The molecule has 0 unspecified atom stereocenters. The van der Waals surface area contributed by atoms with Crippen LogP contribution in [-0.4, -0.2) is 51.8 Å². The molecular weight excluding hydrogens is 709 g/mol. The van der Waals surface area contributed by atoms with Gasteiger partial charge in [-0.2, -0.15) is 0 Å². The number of nitrogens with zero attached hydrogens (tertiary/aromatic N) is 6. The lowest BCUT2D eigenvalue weighted by atomic mass is 9.69. The summed E-state index contributed by atoms with van der Waals surface area (Å²) in [5.74, 6) is 2.88. The minimum atomic E-state index is -0.0787. The maximum Gasteiger partial charge on any atom is 0.162 e. The molecule has 4 aromatic carbocycles. The molecule has 0 amide bonds. The Morgan fingerprint density at radius 3 is 2.21 bits per heavy atom. The average Bonchev–Trinajstić information content (AvgIpc) is 3.89. The number of piperidine rings is 1. The monoisotopic (exact) mass is 758 g/mol. The van der Waals surface area contributed by atoms with Gasteiger partial charge in [-0.15, -0.1) is 21.5 Å². The van der Waals surface area contributed by atoms with Gasteiger partial charge in [0.25, 0.3) is 0 Å². The van der Waals surface area contributed by atoms with Crippen molar-refractivity contribution in [1.29, 1.82) is 0 Å². The van der Waals surface area contributed by atoms with Crippen molar-refractivity contribution in [2.24, 2.45) is 10.4 Å².